The number of nitrogens with one attached hydrogen (secondary N) is 2. The molecule has 1 aliphatic carbocycles. The zero-order valence-electron chi connectivity index (χ0n) is 17.1. The molecule has 2 N–H and O–H groups in total. The maximum Gasteiger partial charge on any atom is 0.325 e. The average Bonchev–Trinajstić information content (AvgIpc) is 3.28. The minimum atomic E-state index is -0.0175. The van der Waals surface area contributed by atoms with Gasteiger partial charge in [0, 0.05) is 44.3 Å². The highest BCUT2D eigenvalue weighted by Gasteiger charge is 2.31. The molecule has 2 aliphatic heterocycles. The number of carbonyl (C=O) groups is 1. The molecular weight excluding hydrogens is 354 g/mol. The molecule has 0 spiro atoms. The number of carbonyl (C=O) groups excluding carboxylic acids is 1. The monoisotopic (exact) mass is 385 g/mol. The second-order valence-electron chi connectivity index (χ2n) is 8.85. The van der Waals surface area contributed by atoms with Crippen molar-refractivity contribution in [3.05, 3.63) is 24.2 Å². The number of amides is 2. The molecule has 3 aliphatic rings. The van der Waals surface area contributed by atoms with Crippen LogP contribution in [0.1, 0.15) is 39.5 Å². The topological polar surface area (TPSA) is 76.6 Å². The number of nitrogens with zero attached hydrogens (tertiary/aromatic N) is 5. The Balaban J connectivity index is 1.33. The maximum absolute atomic E-state index is 12.2. The lowest BCUT2D eigenvalue weighted by molar-refractivity contribution is 0.146. The molecule has 0 radical (unpaired) electrons. The quantitative estimate of drug-likeness (QED) is 0.811. The van der Waals surface area contributed by atoms with Crippen LogP contribution >= 0.6 is 0 Å². The number of anilines is 2. The van der Waals surface area contributed by atoms with Crippen molar-refractivity contribution in [1.82, 2.24) is 25.1 Å². The van der Waals surface area contributed by atoms with Gasteiger partial charge in [-0.25, -0.2) is 9.78 Å². The van der Waals surface area contributed by atoms with Crippen LogP contribution in [0.15, 0.2) is 24.2 Å². The van der Waals surface area contributed by atoms with Crippen LogP contribution in [0.4, 0.5) is 16.6 Å². The first-order valence-corrected chi connectivity index (χ1v) is 10.2. The molecule has 0 unspecified atom stereocenters. The van der Waals surface area contributed by atoms with E-state index in [1.807, 2.05) is 0 Å². The summed E-state index contributed by atoms with van der Waals surface area (Å²) in [6, 6.07) is 2.40. The Bertz CT molecular complexity index is 753. The third kappa shape index (κ3) is 4.00. The molecule has 1 aromatic rings. The lowest BCUT2D eigenvalue weighted by atomic mass is 9.75. The summed E-state index contributed by atoms with van der Waals surface area (Å²) in [5, 5.41) is 6.76. The molecule has 8 heteroatoms. The van der Waals surface area contributed by atoms with Gasteiger partial charge < -0.3 is 20.4 Å². The zero-order valence-corrected chi connectivity index (χ0v) is 17.1. The molecule has 1 aromatic heterocycles. The van der Waals surface area contributed by atoms with Crippen molar-refractivity contribution in [1.29, 1.82) is 0 Å². The molecule has 0 aromatic carbocycles. The number of aromatic nitrogens is 2. The Hall–Kier alpha value is -2.51. The predicted octanol–water partition coefficient (Wildman–Crippen LogP) is 2.43. The van der Waals surface area contributed by atoms with E-state index in [0.717, 1.165) is 18.9 Å². The summed E-state index contributed by atoms with van der Waals surface area (Å²) in [5.41, 5.74) is 1.64. The van der Waals surface area contributed by atoms with E-state index < -0.39 is 0 Å². The number of hydrogen-bond donors (Lipinski definition) is 2. The first kappa shape index (κ1) is 18.8. The van der Waals surface area contributed by atoms with Crippen molar-refractivity contribution < 1.29 is 4.79 Å². The summed E-state index contributed by atoms with van der Waals surface area (Å²) in [7, 11) is 1.81. The SMILES string of the molecule is CN1CCN(c2ccnc(NCC3=CN(C4CCC(C)(C)CC4)CN3)n2)C1=O. The van der Waals surface area contributed by atoms with Gasteiger partial charge in [-0.2, -0.15) is 4.98 Å². The minimum Gasteiger partial charge on any atom is -0.368 e. The molecule has 0 atom stereocenters. The molecule has 4 rings (SSSR count). The highest BCUT2D eigenvalue weighted by atomic mass is 16.2. The van der Waals surface area contributed by atoms with Crippen molar-refractivity contribution in [2.45, 2.75) is 45.6 Å². The highest BCUT2D eigenvalue weighted by Crippen LogP contribution is 2.37. The van der Waals surface area contributed by atoms with Crippen molar-refractivity contribution in [2.75, 3.05) is 43.6 Å². The minimum absolute atomic E-state index is 0.0175. The normalized spacial score (nSPS) is 22.5. The van der Waals surface area contributed by atoms with Crippen LogP contribution in [0.3, 0.4) is 0 Å². The van der Waals surface area contributed by atoms with E-state index in [1.165, 1.54) is 25.7 Å². The third-order valence-electron chi connectivity index (χ3n) is 6.16. The van der Waals surface area contributed by atoms with Crippen LogP contribution in [0.2, 0.25) is 0 Å². The molecule has 1 saturated carbocycles. The van der Waals surface area contributed by atoms with E-state index in [9.17, 15) is 4.79 Å². The lowest BCUT2D eigenvalue weighted by Gasteiger charge is -2.38. The summed E-state index contributed by atoms with van der Waals surface area (Å²) in [6.07, 6.45) is 9.04. The summed E-state index contributed by atoms with van der Waals surface area (Å²) < 4.78 is 0. The van der Waals surface area contributed by atoms with Crippen LogP contribution in [-0.4, -0.2) is 65.2 Å². The second kappa shape index (κ2) is 7.48. The Kier molecular flexibility index (Phi) is 5.03. The third-order valence-corrected chi connectivity index (χ3v) is 6.16. The summed E-state index contributed by atoms with van der Waals surface area (Å²) in [4.78, 5) is 26.8. The number of likely N-dealkylation sites (N-methyl/N-ethyl adjacent to an activating group) is 1. The fourth-order valence-electron chi connectivity index (χ4n) is 4.16. The fourth-order valence-corrected chi connectivity index (χ4v) is 4.16. The van der Waals surface area contributed by atoms with Crippen LogP contribution in [-0.2, 0) is 0 Å². The van der Waals surface area contributed by atoms with E-state index in [2.05, 4.69) is 45.5 Å². The van der Waals surface area contributed by atoms with E-state index in [-0.39, 0.29) is 6.03 Å². The van der Waals surface area contributed by atoms with Gasteiger partial charge >= 0.3 is 6.03 Å². The Labute approximate surface area is 167 Å². The molecule has 28 heavy (non-hydrogen) atoms. The second-order valence-corrected chi connectivity index (χ2v) is 8.85. The average molecular weight is 386 g/mol. The number of rotatable bonds is 5. The van der Waals surface area contributed by atoms with Crippen molar-refractivity contribution in [3.8, 4) is 0 Å². The van der Waals surface area contributed by atoms with Gasteiger partial charge in [0.15, 0.2) is 0 Å². The zero-order chi connectivity index (χ0) is 19.7. The smallest absolute Gasteiger partial charge is 0.325 e. The summed E-state index contributed by atoms with van der Waals surface area (Å²) in [5.74, 6) is 1.19. The van der Waals surface area contributed by atoms with Gasteiger partial charge in [-0.1, -0.05) is 13.8 Å². The van der Waals surface area contributed by atoms with Gasteiger partial charge in [0.05, 0.1) is 13.2 Å². The van der Waals surface area contributed by atoms with Crippen molar-refractivity contribution in [2.24, 2.45) is 5.41 Å². The van der Waals surface area contributed by atoms with E-state index in [1.54, 1.807) is 29.1 Å². The largest absolute Gasteiger partial charge is 0.368 e. The molecule has 1 saturated heterocycles. The van der Waals surface area contributed by atoms with Crippen LogP contribution in [0.25, 0.3) is 0 Å². The number of urea groups is 1. The first-order chi connectivity index (χ1) is 13.4. The molecular formula is C20H31N7O. The molecule has 3 heterocycles. The lowest BCUT2D eigenvalue weighted by Crippen LogP contribution is -2.37. The molecule has 2 amide bonds. The van der Waals surface area contributed by atoms with Gasteiger partial charge in [0.25, 0.3) is 0 Å². The van der Waals surface area contributed by atoms with E-state index in [0.29, 0.717) is 36.3 Å². The van der Waals surface area contributed by atoms with Crippen LogP contribution < -0.4 is 15.5 Å². The Morgan fingerprint density at radius 2 is 2.07 bits per heavy atom. The van der Waals surface area contributed by atoms with Gasteiger partial charge in [-0.05, 0) is 37.2 Å². The Morgan fingerprint density at radius 1 is 1.29 bits per heavy atom. The van der Waals surface area contributed by atoms with Gasteiger partial charge in [-0.15, -0.1) is 0 Å². The predicted molar refractivity (Wildman–Crippen MR) is 110 cm³/mol. The summed E-state index contributed by atoms with van der Waals surface area (Å²) >= 11 is 0. The molecule has 2 fully saturated rings. The Morgan fingerprint density at radius 3 is 2.79 bits per heavy atom. The highest BCUT2D eigenvalue weighted by molar-refractivity contribution is 5.93. The van der Waals surface area contributed by atoms with E-state index in [4.69, 9.17) is 0 Å². The van der Waals surface area contributed by atoms with Crippen molar-refractivity contribution in [3.63, 3.8) is 0 Å². The van der Waals surface area contributed by atoms with Gasteiger partial charge in [0.1, 0.15) is 5.82 Å². The van der Waals surface area contributed by atoms with Crippen molar-refractivity contribution >= 4 is 17.8 Å². The van der Waals surface area contributed by atoms with Crippen LogP contribution in [0, 0.1) is 5.41 Å². The molecule has 152 valence electrons. The van der Waals surface area contributed by atoms with Gasteiger partial charge in [-0.3, -0.25) is 4.90 Å². The number of hydrogen-bond acceptors (Lipinski definition) is 6. The van der Waals surface area contributed by atoms with Gasteiger partial charge in [0.2, 0.25) is 5.95 Å². The summed E-state index contributed by atoms with van der Waals surface area (Å²) in [6.45, 7) is 7.64. The molecule has 8 nitrogen and oxygen atoms in total. The molecule has 0 bridgehead atoms. The maximum atomic E-state index is 12.2. The van der Waals surface area contributed by atoms with E-state index >= 15 is 0 Å². The standard InChI is InChI=1S/C20H31N7O/c1-20(2)7-4-16(5-8-20)26-13-15(23-14-26)12-22-18-21-9-6-17(24-18)27-11-10-25(3)19(27)28/h6,9,13,16,23H,4-5,7-8,10-12,14H2,1-3H3,(H,21,22,24). The van der Waals surface area contributed by atoms with Crippen LogP contribution in [0.5, 0.6) is 0 Å². The fraction of sp³-hybridized carbons (Fsp3) is 0.650. The first-order valence-electron chi connectivity index (χ1n) is 10.2.